The average molecular weight is 215 g/mol. The molecule has 1 saturated heterocycles. The Morgan fingerprint density at radius 2 is 2.07 bits per heavy atom. The molecule has 5 heteroatoms. The summed E-state index contributed by atoms with van der Waals surface area (Å²) in [6.45, 7) is 0.761. The molecule has 0 amide bonds. The Bertz CT molecular complexity index is 242. The van der Waals surface area contributed by atoms with Crippen LogP contribution in [0.1, 0.15) is 19.3 Å². The van der Waals surface area contributed by atoms with E-state index in [9.17, 15) is 9.59 Å². The third-order valence-corrected chi connectivity index (χ3v) is 2.69. The quantitative estimate of drug-likeness (QED) is 0.673. The highest BCUT2D eigenvalue weighted by atomic mass is 16.5. The number of rotatable bonds is 4. The van der Waals surface area contributed by atoms with Crippen LogP contribution in [0.15, 0.2) is 0 Å². The number of hydrogen-bond acceptors (Lipinski definition) is 5. The number of hydrogen-bond donors (Lipinski definition) is 1. The standard InChI is InChI=1S/C10H17NO4/c1-14-9(12)4-3-7-5-8(11-6-7)10(13)15-2/h7-8,11H,3-6H2,1-2H3/t7-,8-/m0/s1. The Balaban J connectivity index is 2.24. The lowest BCUT2D eigenvalue weighted by atomic mass is 10.00. The lowest BCUT2D eigenvalue weighted by Gasteiger charge is -2.07. The summed E-state index contributed by atoms with van der Waals surface area (Å²) in [5.74, 6) is -0.0692. The Kier molecular flexibility index (Phi) is 4.55. The topological polar surface area (TPSA) is 64.6 Å². The van der Waals surface area contributed by atoms with E-state index >= 15 is 0 Å². The molecule has 1 rings (SSSR count). The van der Waals surface area contributed by atoms with E-state index in [1.807, 2.05) is 0 Å². The third-order valence-electron chi connectivity index (χ3n) is 2.69. The molecule has 86 valence electrons. The van der Waals surface area contributed by atoms with Crippen molar-refractivity contribution in [1.29, 1.82) is 0 Å². The highest BCUT2D eigenvalue weighted by Crippen LogP contribution is 2.19. The molecular formula is C10H17NO4. The van der Waals surface area contributed by atoms with Gasteiger partial charge in [-0.3, -0.25) is 9.59 Å². The zero-order valence-electron chi connectivity index (χ0n) is 9.12. The third kappa shape index (κ3) is 3.51. The Morgan fingerprint density at radius 1 is 1.33 bits per heavy atom. The molecule has 0 spiro atoms. The van der Waals surface area contributed by atoms with Crippen molar-refractivity contribution in [3.05, 3.63) is 0 Å². The van der Waals surface area contributed by atoms with Crippen LogP contribution in [0.2, 0.25) is 0 Å². The summed E-state index contributed by atoms with van der Waals surface area (Å²) in [6.07, 6.45) is 1.91. The first kappa shape index (κ1) is 12.0. The molecule has 1 aliphatic heterocycles. The zero-order chi connectivity index (χ0) is 11.3. The maximum absolute atomic E-state index is 11.2. The van der Waals surface area contributed by atoms with Crippen molar-refractivity contribution < 1.29 is 19.1 Å². The van der Waals surface area contributed by atoms with Crippen LogP contribution in [0.5, 0.6) is 0 Å². The van der Waals surface area contributed by atoms with Crippen LogP contribution in [0.25, 0.3) is 0 Å². The van der Waals surface area contributed by atoms with Gasteiger partial charge in [-0.1, -0.05) is 0 Å². The lowest BCUT2D eigenvalue weighted by Crippen LogP contribution is -2.31. The van der Waals surface area contributed by atoms with Gasteiger partial charge in [0.05, 0.1) is 14.2 Å². The molecule has 0 aromatic heterocycles. The van der Waals surface area contributed by atoms with E-state index in [1.54, 1.807) is 0 Å². The van der Waals surface area contributed by atoms with Gasteiger partial charge in [0.25, 0.3) is 0 Å². The van der Waals surface area contributed by atoms with Crippen molar-refractivity contribution in [2.75, 3.05) is 20.8 Å². The fourth-order valence-electron chi connectivity index (χ4n) is 1.77. The van der Waals surface area contributed by atoms with E-state index in [4.69, 9.17) is 0 Å². The molecule has 1 aliphatic rings. The zero-order valence-corrected chi connectivity index (χ0v) is 9.12. The predicted octanol–water partition coefficient (Wildman–Crippen LogP) is 0.0907. The maximum Gasteiger partial charge on any atom is 0.322 e. The molecular weight excluding hydrogens is 198 g/mol. The second-order valence-electron chi connectivity index (χ2n) is 3.70. The molecule has 0 unspecified atom stereocenters. The lowest BCUT2D eigenvalue weighted by molar-refractivity contribution is -0.142. The molecule has 0 aliphatic carbocycles. The summed E-state index contributed by atoms with van der Waals surface area (Å²) in [7, 11) is 2.76. The molecule has 0 bridgehead atoms. The molecule has 0 radical (unpaired) electrons. The normalized spacial score (nSPS) is 24.9. The van der Waals surface area contributed by atoms with Gasteiger partial charge in [0.1, 0.15) is 6.04 Å². The average Bonchev–Trinajstić information content (AvgIpc) is 2.73. The van der Waals surface area contributed by atoms with Crippen molar-refractivity contribution in [3.8, 4) is 0 Å². The van der Waals surface area contributed by atoms with Gasteiger partial charge in [-0.05, 0) is 25.3 Å². The fraction of sp³-hybridized carbons (Fsp3) is 0.800. The largest absolute Gasteiger partial charge is 0.469 e. The van der Waals surface area contributed by atoms with Gasteiger partial charge >= 0.3 is 11.9 Å². The van der Waals surface area contributed by atoms with Gasteiger partial charge in [0, 0.05) is 6.42 Å². The molecule has 1 heterocycles. The number of methoxy groups -OCH3 is 2. The Hall–Kier alpha value is -1.10. The molecule has 15 heavy (non-hydrogen) atoms. The molecule has 0 aromatic carbocycles. The van der Waals surface area contributed by atoms with Crippen molar-refractivity contribution >= 4 is 11.9 Å². The number of carbonyl (C=O) groups is 2. The number of esters is 2. The first-order valence-corrected chi connectivity index (χ1v) is 5.05. The van der Waals surface area contributed by atoms with E-state index in [2.05, 4.69) is 14.8 Å². The molecule has 5 nitrogen and oxygen atoms in total. The van der Waals surface area contributed by atoms with Crippen LogP contribution in [0.4, 0.5) is 0 Å². The monoisotopic (exact) mass is 215 g/mol. The summed E-state index contributed by atoms with van der Waals surface area (Å²) >= 11 is 0. The van der Waals surface area contributed by atoms with Crippen molar-refractivity contribution in [2.24, 2.45) is 5.92 Å². The van der Waals surface area contributed by atoms with E-state index < -0.39 is 0 Å². The first-order valence-electron chi connectivity index (χ1n) is 5.05. The van der Waals surface area contributed by atoms with Crippen LogP contribution in [0, 0.1) is 5.92 Å². The van der Waals surface area contributed by atoms with Gasteiger partial charge in [0.15, 0.2) is 0 Å². The van der Waals surface area contributed by atoms with Crippen LogP contribution < -0.4 is 5.32 Å². The SMILES string of the molecule is COC(=O)CC[C@@H]1CN[C@H](C(=O)OC)C1. The molecule has 2 atom stereocenters. The number of carbonyl (C=O) groups excluding carboxylic acids is 2. The molecule has 0 aromatic rings. The highest BCUT2D eigenvalue weighted by molar-refractivity contribution is 5.76. The van der Waals surface area contributed by atoms with Crippen molar-refractivity contribution in [2.45, 2.75) is 25.3 Å². The second-order valence-corrected chi connectivity index (χ2v) is 3.70. The highest BCUT2D eigenvalue weighted by Gasteiger charge is 2.29. The van der Waals surface area contributed by atoms with Gasteiger partial charge in [-0.25, -0.2) is 0 Å². The van der Waals surface area contributed by atoms with E-state index in [1.165, 1.54) is 14.2 Å². The second kappa shape index (κ2) is 5.70. The predicted molar refractivity (Wildman–Crippen MR) is 53.2 cm³/mol. The van der Waals surface area contributed by atoms with Crippen molar-refractivity contribution in [3.63, 3.8) is 0 Å². The van der Waals surface area contributed by atoms with Gasteiger partial charge in [0.2, 0.25) is 0 Å². The van der Waals surface area contributed by atoms with Gasteiger partial charge < -0.3 is 14.8 Å². The van der Waals surface area contributed by atoms with Crippen LogP contribution in [0.3, 0.4) is 0 Å². The smallest absolute Gasteiger partial charge is 0.322 e. The molecule has 1 N–H and O–H groups in total. The first-order chi connectivity index (χ1) is 7.17. The summed E-state index contributed by atoms with van der Waals surface area (Å²) in [5, 5.41) is 3.07. The minimum absolute atomic E-state index is 0.198. The van der Waals surface area contributed by atoms with E-state index in [-0.39, 0.29) is 18.0 Å². The Morgan fingerprint density at radius 3 is 2.67 bits per heavy atom. The van der Waals surface area contributed by atoms with Crippen LogP contribution in [-0.2, 0) is 19.1 Å². The van der Waals surface area contributed by atoms with Gasteiger partial charge in [-0.15, -0.1) is 0 Å². The molecule has 1 fully saturated rings. The number of nitrogens with one attached hydrogen (secondary N) is 1. The van der Waals surface area contributed by atoms with Crippen molar-refractivity contribution in [1.82, 2.24) is 5.32 Å². The van der Waals surface area contributed by atoms with Crippen LogP contribution >= 0.6 is 0 Å². The van der Waals surface area contributed by atoms with Gasteiger partial charge in [-0.2, -0.15) is 0 Å². The van der Waals surface area contributed by atoms with E-state index in [0.29, 0.717) is 12.3 Å². The number of ether oxygens (including phenoxy) is 2. The van der Waals surface area contributed by atoms with E-state index in [0.717, 1.165) is 19.4 Å². The fourth-order valence-corrected chi connectivity index (χ4v) is 1.77. The summed E-state index contributed by atoms with van der Waals surface area (Å²) < 4.78 is 9.19. The Labute approximate surface area is 89.1 Å². The minimum Gasteiger partial charge on any atom is -0.469 e. The summed E-state index contributed by atoms with van der Waals surface area (Å²) in [6, 6.07) is -0.211. The minimum atomic E-state index is -0.226. The van der Waals surface area contributed by atoms with Crippen LogP contribution in [-0.4, -0.2) is 38.7 Å². The molecule has 0 saturated carbocycles. The maximum atomic E-state index is 11.2. The summed E-state index contributed by atoms with van der Waals surface area (Å²) in [4.78, 5) is 22.1. The summed E-state index contributed by atoms with van der Waals surface area (Å²) in [5.41, 5.74) is 0.